The summed E-state index contributed by atoms with van der Waals surface area (Å²) in [5.41, 5.74) is 1.32. The van der Waals surface area contributed by atoms with Gasteiger partial charge in [-0.1, -0.05) is 83.9 Å². The second-order valence-electron chi connectivity index (χ2n) is 22.4. The molecule has 0 aromatic rings. The van der Waals surface area contributed by atoms with Gasteiger partial charge in [-0.15, -0.1) is 0 Å². The van der Waals surface area contributed by atoms with Crippen LogP contribution in [0.2, 0.25) is 0 Å². The van der Waals surface area contributed by atoms with E-state index in [9.17, 15) is 38.7 Å². The number of amides is 1. The Labute approximate surface area is 446 Å². The highest BCUT2D eigenvalue weighted by atomic mass is 16.6. The first-order valence-corrected chi connectivity index (χ1v) is 27.9. The molecule has 75 heavy (non-hydrogen) atoms. The van der Waals surface area contributed by atoms with Crippen molar-refractivity contribution in [2.24, 2.45) is 35.5 Å². The van der Waals surface area contributed by atoms with Gasteiger partial charge < -0.3 is 43.2 Å². The summed E-state index contributed by atoms with van der Waals surface area (Å²) < 4.78 is 42.3. The molecular formula is C59H89NO15. The third-order valence-electron chi connectivity index (χ3n) is 16.5. The molecule has 6 bridgehead atoms. The molecule has 3 fully saturated rings. The lowest BCUT2D eigenvalue weighted by Gasteiger charge is -2.42. The molecule has 5 heterocycles. The Kier molecular flexibility index (Phi) is 24.1. The molecule has 15 atom stereocenters. The summed E-state index contributed by atoms with van der Waals surface area (Å²) in [7, 11) is 4.58. The standard InChI is InChI=1S/C59H89NO15/c1-36-20-14-13-15-21-37(2)48(69-8)34-44-27-25-42(7)59(68,75-44)56(65)57(66)60-29-19-18-22-45(60)58(67)73-49-35-46(61)38(3)31-41(6)54(55(71-10)53(64)40(5)30-36)74-52(63)24-17-12-11-16-23-51(62)72-47-28-26-43(32-39(49)4)33-50(47)70-9/h13-15,20-21,31,36,38-40,42-45,47-50,54-55,68H,11-12,16-19,22-30,32-35H2,1-10H3/b15-13-,20-14?,37-21+,41-31-. The van der Waals surface area contributed by atoms with E-state index >= 15 is 0 Å². The number of nitrogens with zero attached hydrogens (tertiary/aromatic N) is 1. The molecule has 0 radical (unpaired) electrons. The van der Waals surface area contributed by atoms with Gasteiger partial charge in [-0.2, -0.15) is 0 Å². The van der Waals surface area contributed by atoms with Crippen molar-refractivity contribution in [1.29, 1.82) is 0 Å². The smallest absolute Gasteiger partial charge is 0.329 e. The molecule has 5 aliphatic heterocycles. The van der Waals surface area contributed by atoms with Crippen LogP contribution in [0.25, 0.3) is 0 Å². The zero-order chi connectivity index (χ0) is 55.0. The van der Waals surface area contributed by atoms with Crippen molar-refractivity contribution in [3.63, 3.8) is 0 Å². The van der Waals surface area contributed by atoms with Gasteiger partial charge in [0.15, 0.2) is 18.0 Å². The van der Waals surface area contributed by atoms with E-state index in [1.54, 1.807) is 41.1 Å². The van der Waals surface area contributed by atoms with E-state index in [0.717, 1.165) is 5.57 Å². The number of carbonyl (C=O) groups is 7. The van der Waals surface area contributed by atoms with E-state index in [-0.39, 0.29) is 73.6 Å². The first kappa shape index (κ1) is 61.5. The predicted molar refractivity (Wildman–Crippen MR) is 281 cm³/mol. The lowest BCUT2D eigenvalue weighted by atomic mass is 9.78. The number of methoxy groups -OCH3 is 3. The molecule has 1 amide bonds. The second kappa shape index (κ2) is 29.4. The van der Waals surface area contributed by atoms with Crippen molar-refractivity contribution < 1.29 is 71.8 Å². The van der Waals surface area contributed by atoms with Gasteiger partial charge in [0.25, 0.3) is 11.7 Å². The van der Waals surface area contributed by atoms with Crippen molar-refractivity contribution in [2.45, 2.75) is 219 Å². The van der Waals surface area contributed by atoms with Crippen LogP contribution in [0.1, 0.15) is 164 Å². The molecular weight excluding hydrogens is 963 g/mol. The Morgan fingerprint density at radius 2 is 1.39 bits per heavy atom. The zero-order valence-electron chi connectivity index (χ0n) is 46.6. The van der Waals surface area contributed by atoms with Gasteiger partial charge in [-0.05, 0) is 120 Å². The lowest BCUT2D eigenvalue weighted by Crippen LogP contribution is -2.61. The summed E-state index contributed by atoms with van der Waals surface area (Å²) in [5, 5.41) is 12.1. The third-order valence-corrected chi connectivity index (χ3v) is 16.5. The van der Waals surface area contributed by atoms with Gasteiger partial charge in [-0.25, -0.2) is 4.79 Å². The van der Waals surface area contributed by atoms with Crippen LogP contribution < -0.4 is 0 Å². The van der Waals surface area contributed by atoms with E-state index in [4.69, 9.17) is 33.2 Å². The number of allylic oxidation sites excluding steroid dienone is 6. The molecule has 6 aliphatic rings. The number of hydrogen-bond acceptors (Lipinski definition) is 15. The number of rotatable bonds is 3. The van der Waals surface area contributed by atoms with Crippen LogP contribution in [-0.4, -0.2) is 134 Å². The molecule has 2 saturated heterocycles. The molecule has 15 unspecified atom stereocenters. The van der Waals surface area contributed by atoms with Crippen molar-refractivity contribution in [2.75, 3.05) is 27.9 Å². The summed E-state index contributed by atoms with van der Waals surface area (Å²) in [4.78, 5) is 100. The minimum atomic E-state index is -2.45. The van der Waals surface area contributed by atoms with Crippen LogP contribution in [-0.2, 0) is 66.7 Å². The van der Waals surface area contributed by atoms with Gasteiger partial charge in [-0.3, -0.25) is 28.8 Å². The quantitative estimate of drug-likeness (QED) is 0.121. The number of esters is 3. The van der Waals surface area contributed by atoms with Crippen LogP contribution in [0, 0.1) is 35.5 Å². The third kappa shape index (κ3) is 17.1. The average Bonchev–Trinajstić information content (AvgIpc) is 3.38. The van der Waals surface area contributed by atoms with Crippen LogP contribution in [0.5, 0.6) is 0 Å². The van der Waals surface area contributed by atoms with Crippen LogP contribution in [0.15, 0.2) is 47.6 Å². The van der Waals surface area contributed by atoms with Crippen LogP contribution >= 0.6 is 0 Å². The zero-order valence-corrected chi connectivity index (χ0v) is 46.6. The number of fused-ring (bicyclic) bond motifs is 15. The Balaban J connectivity index is 1.56. The first-order valence-electron chi connectivity index (χ1n) is 27.9. The Bertz CT molecular complexity index is 2100. The number of carbonyl (C=O) groups excluding carboxylic acids is 7. The van der Waals surface area contributed by atoms with Crippen LogP contribution in [0.4, 0.5) is 0 Å². The van der Waals surface area contributed by atoms with Gasteiger partial charge >= 0.3 is 17.9 Å². The fourth-order valence-electron chi connectivity index (χ4n) is 11.7. The van der Waals surface area contributed by atoms with E-state index in [1.165, 1.54) is 12.0 Å². The fourth-order valence-corrected chi connectivity index (χ4v) is 11.7. The van der Waals surface area contributed by atoms with E-state index in [0.29, 0.717) is 95.5 Å². The van der Waals surface area contributed by atoms with E-state index < -0.39 is 89.8 Å². The summed E-state index contributed by atoms with van der Waals surface area (Å²) >= 11 is 0. The highest BCUT2D eigenvalue weighted by Gasteiger charge is 2.53. The molecule has 1 N–H and O–H groups in total. The predicted octanol–water partition coefficient (Wildman–Crippen LogP) is 8.64. The van der Waals surface area contributed by atoms with E-state index in [1.807, 2.05) is 58.1 Å². The first-order chi connectivity index (χ1) is 35.7. The summed E-state index contributed by atoms with van der Waals surface area (Å²) in [5.74, 6) is -9.18. The molecule has 0 aromatic carbocycles. The molecule has 0 spiro atoms. The second-order valence-corrected chi connectivity index (χ2v) is 22.4. The molecule has 16 heteroatoms. The van der Waals surface area contributed by atoms with Crippen molar-refractivity contribution in [1.82, 2.24) is 4.90 Å². The SMILES string of the molecule is COC1CC2CCC(C)C(O)(O2)C(=O)C(=O)N2CCCCC2C(=O)OC2CC(=O)C(C)/C=C(/C)C(OC(=O)CCCCCCC(=O)OC3CCC(CC2C)CC3OC)C(OC)C(=O)C(C)CC(C)C=C/C=C\C=C\1C. The number of aliphatic hydroxyl groups is 1. The van der Waals surface area contributed by atoms with Crippen LogP contribution in [0.3, 0.4) is 0 Å². The van der Waals surface area contributed by atoms with Gasteiger partial charge in [0.2, 0.25) is 5.79 Å². The van der Waals surface area contributed by atoms with E-state index in [2.05, 4.69) is 0 Å². The number of ketones is 3. The topological polar surface area (TPSA) is 208 Å². The normalized spacial score (nSPS) is 38.8. The lowest BCUT2D eigenvalue weighted by molar-refractivity contribution is -0.265. The van der Waals surface area contributed by atoms with Crippen molar-refractivity contribution in [3.8, 4) is 0 Å². The monoisotopic (exact) mass is 1050 g/mol. The molecule has 1 aliphatic carbocycles. The largest absolute Gasteiger partial charge is 0.460 e. The number of hydrogen-bond donors (Lipinski definition) is 1. The average molecular weight is 1050 g/mol. The fraction of sp³-hybridized carbons (Fsp3) is 0.746. The molecule has 0 aromatic heterocycles. The Hall–Kier alpha value is -4.35. The highest BCUT2D eigenvalue weighted by Crippen LogP contribution is 2.38. The molecule has 6 rings (SSSR count). The summed E-state index contributed by atoms with van der Waals surface area (Å²) in [6.07, 6.45) is 13.9. The van der Waals surface area contributed by atoms with Crippen molar-refractivity contribution in [3.05, 3.63) is 47.6 Å². The van der Waals surface area contributed by atoms with Gasteiger partial charge in [0.05, 0.1) is 18.3 Å². The maximum atomic E-state index is 14.6. The number of ether oxygens (including phenoxy) is 7. The minimum absolute atomic E-state index is 0.0321. The summed E-state index contributed by atoms with van der Waals surface area (Å²) in [6, 6.07) is -1.18. The minimum Gasteiger partial charge on any atom is -0.460 e. The van der Waals surface area contributed by atoms with Gasteiger partial charge in [0, 0.05) is 71.3 Å². The Morgan fingerprint density at radius 3 is 2.07 bits per heavy atom. The van der Waals surface area contributed by atoms with Crippen molar-refractivity contribution >= 4 is 41.2 Å². The molecule has 16 nitrogen and oxygen atoms in total. The summed E-state index contributed by atoms with van der Waals surface area (Å²) in [6.45, 7) is 12.8. The maximum absolute atomic E-state index is 14.6. The molecule has 420 valence electrons. The number of piperidine rings is 1. The molecule has 1 saturated carbocycles. The Morgan fingerprint density at radius 1 is 0.680 bits per heavy atom. The maximum Gasteiger partial charge on any atom is 0.329 e. The highest BCUT2D eigenvalue weighted by molar-refractivity contribution is 6.39. The number of Topliss-reactive ketones (excluding diaryl/α,β-unsaturated/α-hetero) is 3. The van der Waals surface area contributed by atoms with Gasteiger partial charge in [0.1, 0.15) is 24.0 Å².